The Hall–Kier alpha value is -1.00. The van der Waals surface area contributed by atoms with Crippen molar-refractivity contribution in [2.75, 3.05) is 18.8 Å². The molecule has 0 saturated heterocycles. The number of carbonyl (C=O) groups excluding carboxylic acids is 1. The van der Waals surface area contributed by atoms with Gasteiger partial charge in [0, 0.05) is 17.0 Å². The molecule has 0 bridgehead atoms. The topological polar surface area (TPSA) is 55.1 Å². The highest BCUT2D eigenvalue weighted by molar-refractivity contribution is 7.99. The van der Waals surface area contributed by atoms with Crippen LogP contribution >= 0.6 is 11.8 Å². The molecule has 1 aromatic rings. The summed E-state index contributed by atoms with van der Waals surface area (Å²) in [6.45, 7) is 7.33. The maximum atomic E-state index is 11.9. The Morgan fingerprint density at radius 3 is 2.44 bits per heavy atom. The van der Waals surface area contributed by atoms with Gasteiger partial charge in [-0.15, -0.1) is 11.8 Å². The van der Waals surface area contributed by atoms with Crippen LogP contribution in [0.2, 0.25) is 0 Å². The van der Waals surface area contributed by atoms with E-state index in [0.29, 0.717) is 18.7 Å². The van der Waals surface area contributed by atoms with Crippen LogP contribution < -0.4 is 11.1 Å². The van der Waals surface area contributed by atoms with E-state index in [2.05, 4.69) is 12.2 Å². The van der Waals surface area contributed by atoms with Gasteiger partial charge in [0.25, 0.3) is 5.91 Å². The summed E-state index contributed by atoms with van der Waals surface area (Å²) in [6.07, 6.45) is 0. The monoisotopic (exact) mass is 266 g/mol. The van der Waals surface area contributed by atoms with Gasteiger partial charge in [-0.25, -0.2) is 0 Å². The maximum Gasteiger partial charge on any atom is 0.251 e. The van der Waals surface area contributed by atoms with Crippen LogP contribution in [0.25, 0.3) is 0 Å². The number of hydrogen-bond acceptors (Lipinski definition) is 3. The molecule has 0 unspecified atom stereocenters. The SMILES string of the molecule is CCSc1ccc(C(=O)NCC(C)(C)CN)cc1. The third-order valence-electron chi connectivity index (χ3n) is 2.71. The van der Waals surface area contributed by atoms with Crippen LogP contribution in [0.4, 0.5) is 0 Å². The highest BCUT2D eigenvalue weighted by Gasteiger charge is 2.17. The van der Waals surface area contributed by atoms with Gasteiger partial charge in [0.15, 0.2) is 0 Å². The van der Waals surface area contributed by atoms with Gasteiger partial charge in [0.2, 0.25) is 0 Å². The summed E-state index contributed by atoms with van der Waals surface area (Å²) < 4.78 is 0. The van der Waals surface area contributed by atoms with E-state index in [1.165, 1.54) is 4.90 Å². The van der Waals surface area contributed by atoms with E-state index >= 15 is 0 Å². The second-order valence-corrected chi connectivity index (χ2v) is 6.35. The van der Waals surface area contributed by atoms with Crippen LogP contribution in [0.3, 0.4) is 0 Å². The van der Waals surface area contributed by atoms with Crippen molar-refractivity contribution in [1.82, 2.24) is 5.32 Å². The summed E-state index contributed by atoms with van der Waals surface area (Å²) in [4.78, 5) is 13.1. The number of carbonyl (C=O) groups is 1. The van der Waals surface area contributed by atoms with E-state index < -0.39 is 0 Å². The first-order valence-electron chi connectivity index (χ1n) is 6.19. The Balaban J connectivity index is 2.56. The van der Waals surface area contributed by atoms with Crippen molar-refractivity contribution in [3.63, 3.8) is 0 Å². The largest absolute Gasteiger partial charge is 0.351 e. The molecular weight excluding hydrogens is 244 g/mol. The number of nitrogens with two attached hydrogens (primary N) is 1. The molecule has 0 fully saturated rings. The summed E-state index contributed by atoms with van der Waals surface area (Å²) in [5.74, 6) is 1.00. The van der Waals surface area contributed by atoms with Gasteiger partial charge in [0.1, 0.15) is 0 Å². The Labute approximate surface area is 114 Å². The summed E-state index contributed by atoms with van der Waals surface area (Å²) in [5, 5.41) is 2.92. The molecule has 0 spiro atoms. The van der Waals surface area contributed by atoms with Gasteiger partial charge >= 0.3 is 0 Å². The second-order valence-electron chi connectivity index (χ2n) is 5.01. The minimum absolute atomic E-state index is 0.0374. The fraction of sp³-hybridized carbons (Fsp3) is 0.500. The third kappa shape index (κ3) is 4.70. The molecular formula is C14H22N2OS. The van der Waals surface area contributed by atoms with Gasteiger partial charge in [-0.3, -0.25) is 4.79 Å². The molecule has 4 heteroatoms. The van der Waals surface area contributed by atoms with Crippen molar-refractivity contribution in [3.05, 3.63) is 29.8 Å². The first kappa shape index (κ1) is 15.1. The molecule has 100 valence electrons. The number of thioether (sulfide) groups is 1. The molecule has 0 radical (unpaired) electrons. The van der Waals surface area contributed by atoms with Crippen LogP contribution in [0.15, 0.2) is 29.2 Å². The van der Waals surface area contributed by atoms with Crippen molar-refractivity contribution in [2.24, 2.45) is 11.1 Å². The molecule has 18 heavy (non-hydrogen) atoms. The smallest absolute Gasteiger partial charge is 0.251 e. The molecule has 0 aromatic heterocycles. The highest BCUT2D eigenvalue weighted by Crippen LogP contribution is 2.18. The molecule has 0 atom stereocenters. The molecule has 1 rings (SSSR count). The predicted molar refractivity (Wildman–Crippen MR) is 78.0 cm³/mol. The van der Waals surface area contributed by atoms with E-state index in [4.69, 9.17) is 5.73 Å². The molecule has 0 saturated carbocycles. The number of hydrogen-bond donors (Lipinski definition) is 2. The molecule has 3 N–H and O–H groups in total. The molecule has 0 heterocycles. The van der Waals surface area contributed by atoms with Crippen LogP contribution in [0.5, 0.6) is 0 Å². The molecule has 0 aliphatic rings. The van der Waals surface area contributed by atoms with Crippen LogP contribution in [-0.4, -0.2) is 24.7 Å². The average Bonchev–Trinajstić information content (AvgIpc) is 2.37. The van der Waals surface area contributed by atoms with Crippen molar-refractivity contribution < 1.29 is 4.79 Å². The summed E-state index contributed by atoms with van der Waals surface area (Å²) in [6, 6.07) is 7.69. The summed E-state index contributed by atoms with van der Waals surface area (Å²) >= 11 is 1.77. The molecule has 1 amide bonds. The minimum Gasteiger partial charge on any atom is -0.351 e. The Morgan fingerprint density at radius 1 is 1.33 bits per heavy atom. The van der Waals surface area contributed by atoms with E-state index in [9.17, 15) is 4.79 Å². The fourth-order valence-electron chi connectivity index (χ4n) is 1.36. The Morgan fingerprint density at radius 2 is 1.94 bits per heavy atom. The lowest BCUT2D eigenvalue weighted by Gasteiger charge is -2.22. The lowest BCUT2D eigenvalue weighted by Crippen LogP contribution is -2.38. The van der Waals surface area contributed by atoms with Gasteiger partial charge in [-0.2, -0.15) is 0 Å². The molecule has 0 aliphatic heterocycles. The quantitative estimate of drug-likeness (QED) is 0.778. The Kier molecular flexibility index (Phi) is 5.69. The van der Waals surface area contributed by atoms with Crippen molar-refractivity contribution in [1.29, 1.82) is 0 Å². The number of nitrogens with one attached hydrogen (secondary N) is 1. The number of benzene rings is 1. The summed E-state index contributed by atoms with van der Waals surface area (Å²) in [7, 11) is 0. The first-order chi connectivity index (χ1) is 8.48. The highest BCUT2D eigenvalue weighted by atomic mass is 32.2. The van der Waals surface area contributed by atoms with E-state index in [-0.39, 0.29) is 11.3 Å². The van der Waals surface area contributed by atoms with Crippen LogP contribution in [0.1, 0.15) is 31.1 Å². The minimum atomic E-state index is -0.0618. The van der Waals surface area contributed by atoms with Crippen molar-refractivity contribution in [2.45, 2.75) is 25.7 Å². The maximum absolute atomic E-state index is 11.9. The van der Waals surface area contributed by atoms with Crippen LogP contribution in [0, 0.1) is 5.41 Å². The second kappa shape index (κ2) is 6.81. The molecule has 1 aromatic carbocycles. The summed E-state index contributed by atoms with van der Waals surface area (Å²) in [5.41, 5.74) is 6.27. The van der Waals surface area contributed by atoms with Crippen molar-refractivity contribution >= 4 is 17.7 Å². The van der Waals surface area contributed by atoms with E-state index in [1.54, 1.807) is 11.8 Å². The normalized spacial score (nSPS) is 11.3. The number of rotatable bonds is 6. The van der Waals surface area contributed by atoms with E-state index in [1.807, 2.05) is 38.1 Å². The lowest BCUT2D eigenvalue weighted by molar-refractivity contribution is 0.0938. The predicted octanol–water partition coefficient (Wildman–Crippen LogP) is 2.51. The van der Waals surface area contributed by atoms with Crippen LogP contribution in [-0.2, 0) is 0 Å². The van der Waals surface area contributed by atoms with Gasteiger partial charge in [-0.05, 0) is 42.0 Å². The third-order valence-corrected chi connectivity index (χ3v) is 3.60. The zero-order valence-corrected chi connectivity index (χ0v) is 12.1. The molecule has 0 aliphatic carbocycles. The average molecular weight is 266 g/mol. The first-order valence-corrected chi connectivity index (χ1v) is 7.18. The van der Waals surface area contributed by atoms with Gasteiger partial charge in [-0.1, -0.05) is 20.8 Å². The van der Waals surface area contributed by atoms with Gasteiger partial charge in [0.05, 0.1) is 0 Å². The zero-order valence-electron chi connectivity index (χ0n) is 11.3. The molecule has 3 nitrogen and oxygen atoms in total. The van der Waals surface area contributed by atoms with E-state index in [0.717, 1.165) is 5.75 Å². The standard InChI is InChI=1S/C14H22N2OS/c1-4-18-12-7-5-11(6-8-12)13(17)16-10-14(2,3)9-15/h5-8H,4,9-10,15H2,1-3H3,(H,16,17). The Bertz CT molecular complexity index is 387. The fourth-order valence-corrected chi connectivity index (χ4v) is 2.02. The number of amides is 1. The van der Waals surface area contributed by atoms with Crippen molar-refractivity contribution in [3.8, 4) is 0 Å². The van der Waals surface area contributed by atoms with Gasteiger partial charge < -0.3 is 11.1 Å². The lowest BCUT2D eigenvalue weighted by atomic mass is 9.94. The zero-order chi connectivity index (χ0) is 13.6.